The van der Waals surface area contributed by atoms with Crippen LogP contribution in [0.4, 0.5) is 0 Å². The number of rotatable bonds is 3. The molecule has 1 heterocycles. The Morgan fingerprint density at radius 3 is 2.44 bits per heavy atom. The van der Waals surface area contributed by atoms with Crippen LogP contribution in [0.15, 0.2) is 52.9 Å². The van der Waals surface area contributed by atoms with Crippen molar-refractivity contribution in [3.63, 3.8) is 0 Å². The van der Waals surface area contributed by atoms with Gasteiger partial charge < -0.3 is 0 Å². The van der Waals surface area contributed by atoms with Crippen molar-refractivity contribution in [2.75, 3.05) is 0 Å². The Hall–Kier alpha value is -1.12. The maximum absolute atomic E-state index is 2.41. The Kier molecular flexibility index (Phi) is 3.41. The van der Waals surface area contributed by atoms with Gasteiger partial charge in [-0.3, -0.25) is 0 Å². The third-order valence-corrected chi connectivity index (χ3v) is 6.28. The molecule has 82 valence electrons. The zero-order valence-electron chi connectivity index (χ0n) is 9.68. The average molecular weight is 244 g/mol. The van der Waals surface area contributed by atoms with Crippen LogP contribution in [-0.4, -0.2) is 8.07 Å². The van der Waals surface area contributed by atoms with Crippen LogP contribution >= 0.6 is 11.3 Å². The minimum atomic E-state index is -1.41. The van der Waals surface area contributed by atoms with Gasteiger partial charge in [0.2, 0.25) is 0 Å². The van der Waals surface area contributed by atoms with Gasteiger partial charge in [0.05, 0.1) is 0 Å². The molecule has 0 N–H and O–H groups in total. The monoisotopic (exact) mass is 244 g/mol. The fraction of sp³-hybridized carbons (Fsp3) is 0.143. The number of thiophene rings is 1. The molecule has 0 fully saturated rings. The zero-order valence-corrected chi connectivity index (χ0v) is 11.5. The van der Waals surface area contributed by atoms with Crippen molar-refractivity contribution in [3.05, 3.63) is 58.4 Å². The minimum Gasteiger partial charge on any atom is -0.152 e. The molecule has 0 spiro atoms. The number of hydrogen-bond acceptors (Lipinski definition) is 1. The zero-order chi connectivity index (χ0) is 11.4. The van der Waals surface area contributed by atoms with Gasteiger partial charge in [-0.1, -0.05) is 60.4 Å². The van der Waals surface area contributed by atoms with E-state index in [1.807, 2.05) is 0 Å². The lowest BCUT2D eigenvalue weighted by molar-refractivity contribution is 1.71. The summed E-state index contributed by atoms with van der Waals surface area (Å²) >= 11 is 1.75. The summed E-state index contributed by atoms with van der Waals surface area (Å²) in [5.41, 5.74) is 3.73. The van der Waals surface area contributed by atoms with E-state index in [-0.39, 0.29) is 0 Å². The van der Waals surface area contributed by atoms with E-state index in [0.29, 0.717) is 0 Å². The van der Waals surface area contributed by atoms with Gasteiger partial charge in [-0.15, -0.1) is 0 Å². The second kappa shape index (κ2) is 4.81. The van der Waals surface area contributed by atoms with Crippen molar-refractivity contribution in [3.8, 4) is 0 Å². The summed E-state index contributed by atoms with van der Waals surface area (Å²) in [6.45, 7) is 4.76. The summed E-state index contributed by atoms with van der Waals surface area (Å²) < 4.78 is 0. The Morgan fingerprint density at radius 1 is 1.06 bits per heavy atom. The Balaban J connectivity index is 2.20. The van der Waals surface area contributed by atoms with Crippen molar-refractivity contribution in [1.82, 2.24) is 0 Å². The predicted octanol–water partition coefficient (Wildman–Crippen LogP) is 3.92. The van der Waals surface area contributed by atoms with Crippen LogP contribution in [0.1, 0.15) is 5.56 Å². The first kappa shape index (κ1) is 11.4. The van der Waals surface area contributed by atoms with Crippen molar-refractivity contribution in [2.45, 2.75) is 13.1 Å². The van der Waals surface area contributed by atoms with Gasteiger partial charge >= 0.3 is 0 Å². The Morgan fingerprint density at radius 2 is 1.81 bits per heavy atom. The molecule has 0 nitrogen and oxygen atoms in total. The molecule has 0 saturated heterocycles. The molecule has 0 radical (unpaired) electrons. The second-order valence-electron chi connectivity index (χ2n) is 4.48. The van der Waals surface area contributed by atoms with Crippen LogP contribution in [0.5, 0.6) is 0 Å². The summed E-state index contributed by atoms with van der Waals surface area (Å²) in [5.74, 6) is 0. The van der Waals surface area contributed by atoms with E-state index in [1.165, 1.54) is 10.8 Å². The van der Waals surface area contributed by atoms with E-state index < -0.39 is 8.07 Å². The van der Waals surface area contributed by atoms with Crippen molar-refractivity contribution < 1.29 is 0 Å². The first-order valence-electron chi connectivity index (χ1n) is 5.45. The smallest absolute Gasteiger partial charge is 0.104 e. The fourth-order valence-electron chi connectivity index (χ4n) is 1.64. The highest BCUT2D eigenvalue weighted by Crippen LogP contribution is 2.12. The van der Waals surface area contributed by atoms with E-state index in [9.17, 15) is 0 Å². The molecule has 2 rings (SSSR count). The van der Waals surface area contributed by atoms with Crippen LogP contribution in [0.3, 0.4) is 0 Å². The molecule has 0 unspecified atom stereocenters. The molecular formula is C14H16SSi. The van der Waals surface area contributed by atoms with Crippen molar-refractivity contribution in [2.24, 2.45) is 0 Å². The lowest BCUT2D eigenvalue weighted by atomic mass is 10.3. The van der Waals surface area contributed by atoms with Crippen LogP contribution < -0.4 is 5.19 Å². The van der Waals surface area contributed by atoms with E-state index in [4.69, 9.17) is 0 Å². The maximum Gasteiger partial charge on any atom is 0.104 e. The topological polar surface area (TPSA) is 0 Å². The van der Waals surface area contributed by atoms with Crippen LogP contribution in [-0.2, 0) is 0 Å². The molecule has 16 heavy (non-hydrogen) atoms. The molecule has 1 aromatic heterocycles. The van der Waals surface area contributed by atoms with Gasteiger partial charge in [0.25, 0.3) is 0 Å². The molecule has 0 atom stereocenters. The molecule has 0 bridgehead atoms. The highest BCUT2D eigenvalue weighted by Gasteiger charge is 2.18. The third kappa shape index (κ3) is 2.71. The standard InChI is InChI=1S/C14H16SSi/c1-16(2,14-6-4-3-5-7-14)11-9-13-8-10-15-12-13/h3-12H,1-2H3/b11-9+. The highest BCUT2D eigenvalue weighted by atomic mass is 32.1. The molecule has 0 aliphatic carbocycles. The summed E-state index contributed by atoms with van der Waals surface area (Å²) in [7, 11) is -1.41. The summed E-state index contributed by atoms with van der Waals surface area (Å²) in [4.78, 5) is 0. The lowest BCUT2D eigenvalue weighted by Crippen LogP contribution is -2.39. The predicted molar refractivity (Wildman–Crippen MR) is 76.9 cm³/mol. The summed E-state index contributed by atoms with van der Waals surface area (Å²) in [6, 6.07) is 13.0. The molecule has 0 saturated carbocycles. The fourth-order valence-corrected chi connectivity index (χ4v) is 4.12. The van der Waals surface area contributed by atoms with Crippen molar-refractivity contribution >= 4 is 30.7 Å². The normalized spacial score (nSPS) is 12.1. The summed E-state index contributed by atoms with van der Waals surface area (Å²) in [5, 5.41) is 5.80. The molecular weight excluding hydrogens is 228 g/mol. The van der Waals surface area contributed by atoms with E-state index in [0.717, 1.165) is 0 Å². The molecule has 1 aromatic carbocycles. The molecule has 0 aliphatic heterocycles. The van der Waals surface area contributed by atoms with Crippen molar-refractivity contribution in [1.29, 1.82) is 0 Å². The largest absolute Gasteiger partial charge is 0.152 e. The van der Waals surface area contributed by atoms with Crippen LogP contribution in [0, 0.1) is 0 Å². The van der Waals surface area contributed by atoms with E-state index in [2.05, 4.69) is 72.0 Å². The van der Waals surface area contributed by atoms with Gasteiger partial charge in [0.1, 0.15) is 8.07 Å². The van der Waals surface area contributed by atoms with Crippen LogP contribution in [0.25, 0.3) is 6.08 Å². The van der Waals surface area contributed by atoms with Crippen LogP contribution in [0.2, 0.25) is 13.1 Å². The SMILES string of the molecule is C[Si](C)(/C=C/c1ccsc1)c1ccccc1. The molecule has 0 amide bonds. The molecule has 2 heteroatoms. The van der Waals surface area contributed by atoms with Gasteiger partial charge in [-0.25, -0.2) is 0 Å². The number of benzene rings is 1. The Labute approximate surface area is 102 Å². The lowest BCUT2D eigenvalue weighted by Gasteiger charge is -2.17. The molecule has 2 aromatic rings. The maximum atomic E-state index is 2.41. The first-order chi connectivity index (χ1) is 7.68. The summed E-state index contributed by atoms with van der Waals surface area (Å²) in [6.07, 6.45) is 2.26. The quantitative estimate of drug-likeness (QED) is 0.718. The van der Waals surface area contributed by atoms with Gasteiger partial charge in [0, 0.05) is 0 Å². The van der Waals surface area contributed by atoms with Gasteiger partial charge in [-0.2, -0.15) is 11.3 Å². The first-order valence-corrected chi connectivity index (χ1v) is 9.47. The minimum absolute atomic E-state index is 1.32. The van der Waals surface area contributed by atoms with Gasteiger partial charge in [-0.05, 0) is 22.4 Å². The second-order valence-corrected chi connectivity index (χ2v) is 9.61. The highest BCUT2D eigenvalue weighted by molar-refractivity contribution is 7.08. The third-order valence-electron chi connectivity index (χ3n) is 2.75. The molecule has 0 aliphatic rings. The Bertz CT molecular complexity index is 455. The van der Waals surface area contributed by atoms with E-state index >= 15 is 0 Å². The van der Waals surface area contributed by atoms with E-state index in [1.54, 1.807) is 11.3 Å². The average Bonchev–Trinajstić information content (AvgIpc) is 2.81. The van der Waals surface area contributed by atoms with Gasteiger partial charge in [0.15, 0.2) is 0 Å². The number of hydrogen-bond donors (Lipinski definition) is 0.